The number of nitrogens with two attached hydrogens (primary N) is 2. The highest BCUT2D eigenvalue weighted by molar-refractivity contribution is 5.99. The zero-order chi connectivity index (χ0) is 13.1. The van der Waals surface area contributed by atoms with Gasteiger partial charge in [-0.3, -0.25) is 4.79 Å². The van der Waals surface area contributed by atoms with Crippen LogP contribution in [0.2, 0.25) is 0 Å². The Morgan fingerprint density at radius 3 is 2.89 bits per heavy atom. The second kappa shape index (κ2) is 5.27. The molecule has 1 saturated heterocycles. The Bertz CT molecular complexity index is 448. The number of benzene rings is 1. The standard InChI is InChI=1S/C13H19N3O2/c14-10-1-2-11(12(15)7-10)13(18)16-5-3-9(8-16)4-6-17/h1-2,7,9,17H,3-6,8,14-15H2. The summed E-state index contributed by atoms with van der Waals surface area (Å²) in [6.07, 6.45) is 1.70. The molecule has 0 aromatic heterocycles. The molecule has 5 N–H and O–H groups in total. The summed E-state index contributed by atoms with van der Waals surface area (Å²) in [5, 5.41) is 8.91. The van der Waals surface area contributed by atoms with Crippen molar-refractivity contribution in [3.63, 3.8) is 0 Å². The monoisotopic (exact) mass is 249 g/mol. The van der Waals surface area contributed by atoms with E-state index in [4.69, 9.17) is 16.6 Å². The molecule has 5 heteroatoms. The number of carbonyl (C=O) groups is 1. The molecule has 0 bridgehead atoms. The number of likely N-dealkylation sites (tertiary alicyclic amines) is 1. The van der Waals surface area contributed by atoms with Crippen molar-refractivity contribution in [3.05, 3.63) is 23.8 Å². The van der Waals surface area contributed by atoms with Gasteiger partial charge in [-0.25, -0.2) is 0 Å². The van der Waals surface area contributed by atoms with Crippen molar-refractivity contribution < 1.29 is 9.90 Å². The average Bonchev–Trinajstić information content (AvgIpc) is 2.77. The van der Waals surface area contributed by atoms with Crippen LogP contribution < -0.4 is 11.5 Å². The zero-order valence-corrected chi connectivity index (χ0v) is 10.3. The Balaban J connectivity index is 2.08. The van der Waals surface area contributed by atoms with E-state index in [2.05, 4.69) is 0 Å². The molecule has 1 fully saturated rings. The lowest BCUT2D eigenvalue weighted by atomic mass is 10.1. The van der Waals surface area contributed by atoms with E-state index in [0.717, 1.165) is 19.4 Å². The topological polar surface area (TPSA) is 92.6 Å². The van der Waals surface area contributed by atoms with Crippen molar-refractivity contribution in [3.8, 4) is 0 Å². The van der Waals surface area contributed by atoms with Crippen LogP contribution in [-0.2, 0) is 0 Å². The predicted molar refractivity (Wildman–Crippen MR) is 71.0 cm³/mol. The number of anilines is 2. The van der Waals surface area contributed by atoms with E-state index in [-0.39, 0.29) is 12.5 Å². The molecule has 18 heavy (non-hydrogen) atoms. The summed E-state index contributed by atoms with van der Waals surface area (Å²) in [7, 11) is 0. The molecule has 1 heterocycles. The first-order valence-corrected chi connectivity index (χ1v) is 6.17. The number of hydrogen-bond acceptors (Lipinski definition) is 4. The van der Waals surface area contributed by atoms with E-state index in [1.54, 1.807) is 23.1 Å². The van der Waals surface area contributed by atoms with Crippen LogP contribution in [0.5, 0.6) is 0 Å². The molecular formula is C13H19N3O2. The minimum atomic E-state index is -0.0482. The molecule has 98 valence electrons. The van der Waals surface area contributed by atoms with Crippen molar-refractivity contribution in [2.45, 2.75) is 12.8 Å². The van der Waals surface area contributed by atoms with Crippen molar-refractivity contribution in [2.24, 2.45) is 5.92 Å². The average molecular weight is 249 g/mol. The quantitative estimate of drug-likeness (QED) is 0.687. The summed E-state index contributed by atoms with van der Waals surface area (Å²) in [4.78, 5) is 14.1. The summed E-state index contributed by atoms with van der Waals surface area (Å²) >= 11 is 0. The lowest BCUT2D eigenvalue weighted by Crippen LogP contribution is -2.29. The molecule has 0 saturated carbocycles. The van der Waals surface area contributed by atoms with E-state index in [1.165, 1.54) is 0 Å². The summed E-state index contributed by atoms with van der Waals surface area (Å²) in [6.45, 7) is 1.60. The van der Waals surface area contributed by atoms with Crippen LogP contribution in [0.25, 0.3) is 0 Å². The van der Waals surface area contributed by atoms with Gasteiger partial charge in [-0.1, -0.05) is 0 Å². The van der Waals surface area contributed by atoms with E-state index in [9.17, 15) is 4.79 Å². The van der Waals surface area contributed by atoms with Crippen molar-refractivity contribution in [1.29, 1.82) is 0 Å². The third kappa shape index (κ3) is 2.56. The third-order valence-corrected chi connectivity index (χ3v) is 3.42. The molecule has 2 rings (SSSR count). The molecule has 1 unspecified atom stereocenters. The second-order valence-corrected chi connectivity index (χ2v) is 4.76. The van der Waals surface area contributed by atoms with Gasteiger partial charge >= 0.3 is 0 Å². The zero-order valence-electron chi connectivity index (χ0n) is 10.3. The molecule has 1 aromatic rings. The van der Waals surface area contributed by atoms with Gasteiger partial charge < -0.3 is 21.5 Å². The fourth-order valence-corrected chi connectivity index (χ4v) is 2.38. The molecule has 1 aromatic carbocycles. The number of hydrogen-bond donors (Lipinski definition) is 3. The second-order valence-electron chi connectivity index (χ2n) is 4.76. The largest absolute Gasteiger partial charge is 0.399 e. The molecule has 1 atom stereocenters. The molecule has 0 spiro atoms. The fourth-order valence-electron chi connectivity index (χ4n) is 2.38. The summed E-state index contributed by atoms with van der Waals surface area (Å²) in [6, 6.07) is 4.96. The van der Waals surface area contributed by atoms with Gasteiger partial charge in [-0.2, -0.15) is 0 Å². The van der Waals surface area contributed by atoms with Crippen molar-refractivity contribution >= 4 is 17.3 Å². The number of nitrogen functional groups attached to an aromatic ring is 2. The molecule has 1 aliphatic rings. The summed E-state index contributed by atoms with van der Waals surface area (Å²) in [5.41, 5.74) is 12.9. The van der Waals surface area contributed by atoms with Crippen molar-refractivity contribution in [2.75, 3.05) is 31.2 Å². The van der Waals surface area contributed by atoms with Gasteiger partial charge in [-0.05, 0) is 37.0 Å². The summed E-state index contributed by atoms with van der Waals surface area (Å²) in [5.74, 6) is 0.349. The first-order chi connectivity index (χ1) is 8.61. The molecule has 5 nitrogen and oxygen atoms in total. The third-order valence-electron chi connectivity index (χ3n) is 3.42. The van der Waals surface area contributed by atoms with Crippen molar-refractivity contribution in [1.82, 2.24) is 4.90 Å². The Morgan fingerprint density at radius 1 is 1.44 bits per heavy atom. The highest BCUT2D eigenvalue weighted by Gasteiger charge is 2.27. The van der Waals surface area contributed by atoms with Crippen LogP contribution in [0.4, 0.5) is 11.4 Å². The Labute approximate surface area is 106 Å². The maximum atomic E-state index is 12.3. The molecular weight excluding hydrogens is 230 g/mol. The fraction of sp³-hybridized carbons (Fsp3) is 0.462. The van der Waals surface area contributed by atoms with Crippen LogP contribution >= 0.6 is 0 Å². The Kier molecular flexibility index (Phi) is 3.72. The maximum absolute atomic E-state index is 12.3. The first-order valence-electron chi connectivity index (χ1n) is 6.17. The van der Waals surface area contributed by atoms with E-state index in [1.807, 2.05) is 0 Å². The minimum Gasteiger partial charge on any atom is -0.399 e. The number of aliphatic hydroxyl groups is 1. The number of rotatable bonds is 3. The molecule has 0 aliphatic carbocycles. The SMILES string of the molecule is Nc1ccc(C(=O)N2CCC(CCO)C2)c(N)c1. The molecule has 1 aliphatic heterocycles. The number of nitrogens with zero attached hydrogens (tertiary/aromatic N) is 1. The van der Waals surface area contributed by atoms with Gasteiger partial charge in [-0.15, -0.1) is 0 Å². The van der Waals surface area contributed by atoms with Gasteiger partial charge in [0.2, 0.25) is 0 Å². The molecule has 1 amide bonds. The number of carbonyl (C=O) groups excluding carboxylic acids is 1. The first kappa shape index (κ1) is 12.7. The highest BCUT2D eigenvalue weighted by atomic mass is 16.3. The van der Waals surface area contributed by atoms with E-state index < -0.39 is 0 Å². The van der Waals surface area contributed by atoms with Crippen LogP contribution in [0.15, 0.2) is 18.2 Å². The predicted octanol–water partition coefficient (Wildman–Crippen LogP) is 0.696. The van der Waals surface area contributed by atoms with Crippen LogP contribution in [0, 0.1) is 5.92 Å². The maximum Gasteiger partial charge on any atom is 0.255 e. The smallest absolute Gasteiger partial charge is 0.255 e. The highest BCUT2D eigenvalue weighted by Crippen LogP contribution is 2.24. The van der Waals surface area contributed by atoms with E-state index in [0.29, 0.717) is 29.4 Å². The Hall–Kier alpha value is -1.75. The normalized spacial score (nSPS) is 19.2. The van der Waals surface area contributed by atoms with Crippen LogP contribution in [0.1, 0.15) is 23.2 Å². The van der Waals surface area contributed by atoms with E-state index >= 15 is 0 Å². The van der Waals surface area contributed by atoms with Gasteiger partial charge in [0, 0.05) is 31.1 Å². The van der Waals surface area contributed by atoms with Crippen LogP contribution in [-0.4, -0.2) is 35.6 Å². The van der Waals surface area contributed by atoms with Gasteiger partial charge in [0.05, 0.1) is 5.56 Å². The lowest BCUT2D eigenvalue weighted by Gasteiger charge is -2.17. The molecule has 0 radical (unpaired) electrons. The number of aliphatic hydroxyl groups excluding tert-OH is 1. The van der Waals surface area contributed by atoms with Gasteiger partial charge in [0.25, 0.3) is 5.91 Å². The minimum absolute atomic E-state index is 0.0482. The van der Waals surface area contributed by atoms with Gasteiger partial charge in [0.15, 0.2) is 0 Å². The van der Waals surface area contributed by atoms with Crippen LogP contribution in [0.3, 0.4) is 0 Å². The number of amides is 1. The lowest BCUT2D eigenvalue weighted by molar-refractivity contribution is 0.0786. The van der Waals surface area contributed by atoms with Gasteiger partial charge in [0.1, 0.15) is 0 Å². The summed E-state index contributed by atoms with van der Waals surface area (Å²) < 4.78 is 0. The Morgan fingerprint density at radius 2 is 2.22 bits per heavy atom.